The van der Waals surface area contributed by atoms with Crippen LogP contribution in [0.3, 0.4) is 0 Å². The minimum absolute atomic E-state index is 0.0377. The fourth-order valence-electron chi connectivity index (χ4n) is 3.91. The van der Waals surface area contributed by atoms with Crippen molar-refractivity contribution >= 4 is 11.9 Å². The van der Waals surface area contributed by atoms with Crippen molar-refractivity contribution in [3.05, 3.63) is 11.1 Å². The molecule has 4 heteroatoms. The Morgan fingerprint density at radius 1 is 1.37 bits per heavy atom. The van der Waals surface area contributed by atoms with Crippen LogP contribution < -0.4 is 0 Å². The molecule has 1 fully saturated rings. The van der Waals surface area contributed by atoms with Gasteiger partial charge in [0.25, 0.3) is 0 Å². The lowest BCUT2D eigenvalue weighted by Gasteiger charge is -2.37. The number of rotatable bonds is 1. The Morgan fingerprint density at radius 3 is 2.79 bits per heavy atom. The first-order valence-corrected chi connectivity index (χ1v) is 6.98. The number of carbonyl (C=O) groups is 2. The van der Waals surface area contributed by atoms with E-state index in [1.165, 1.54) is 18.1 Å². The van der Waals surface area contributed by atoms with Gasteiger partial charge in [0.2, 0.25) is 0 Å². The van der Waals surface area contributed by atoms with Crippen LogP contribution in [0.1, 0.15) is 46.5 Å². The molecule has 1 aliphatic heterocycles. The summed E-state index contributed by atoms with van der Waals surface area (Å²) < 4.78 is 11.0. The van der Waals surface area contributed by atoms with Gasteiger partial charge in [-0.05, 0) is 35.8 Å². The average molecular weight is 264 g/mol. The van der Waals surface area contributed by atoms with Crippen LogP contribution >= 0.6 is 0 Å². The highest BCUT2D eigenvalue weighted by molar-refractivity contribution is 5.74. The second-order valence-electron chi connectivity index (χ2n) is 6.54. The summed E-state index contributed by atoms with van der Waals surface area (Å²) in [6, 6.07) is 0. The minimum Gasteiger partial charge on any atom is -0.458 e. The summed E-state index contributed by atoms with van der Waals surface area (Å²) in [7, 11) is 0. The van der Waals surface area contributed by atoms with E-state index in [1.807, 2.05) is 0 Å². The molecule has 3 aliphatic rings. The van der Waals surface area contributed by atoms with Crippen LogP contribution in [0, 0.1) is 11.3 Å². The van der Waals surface area contributed by atoms with Gasteiger partial charge in [-0.1, -0.05) is 13.8 Å². The molecule has 0 aromatic rings. The van der Waals surface area contributed by atoms with Gasteiger partial charge in [0.1, 0.15) is 12.2 Å². The van der Waals surface area contributed by atoms with Crippen LogP contribution in [-0.2, 0) is 19.1 Å². The molecule has 1 saturated heterocycles. The van der Waals surface area contributed by atoms with E-state index in [-0.39, 0.29) is 35.5 Å². The summed E-state index contributed by atoms with van der Waals surface area (Å²) >= 11 is 0. The molecule has 0 aromatic carbocycles. The first-order valence-electron chi connectivity index (χ1n) is 6.98. The van der Waals surface area contributed by atoms with E-state index >= 15 is 0 Å². The number of hydrogen-bond donors (Lipinski definition) is 0. The van der Waals surface area contributed by atoms with Crippen molar-refractivity contribution in [3.63, 3.8) is 0 Å². The Balaban J connectivity index is 1.96. The van der Waals surface area contributed by atoms with Gasteiger partial charge in [-0.3, -0.25) is 9.59 Å². The lowest BCUT2D eigenvalue weighted by molar-refractivity contribution is -0.146. The predicted octanol–water partition coefficient (Wildman–Crippen LogP) is 2.37. The van der Waals surface area contributed by atoms with Gasteiger partial charge in [-0.2, -0.15) is 0 Å². The molecule has 0 radical (unpaired) electrons. The summed E-state index contributed by atoms with van der Waals surface area (Å²) in [6.07, 6.45) is 3.00. The van der Waals surface area contributed by atoms with Crippen LogP contribution in [-0.4, -0.2) is 24.1 Å². The Labute approximate surface area is 113 Å². The molecule has 0 N–H and O–H groups in total. The number of ether oxygens (including phenoxy) is 2. The topological polar surface area (TPSA) is 52.6 Å². The molecule has 1 heterocycles. The quantitative estimate of drug-likeness (QED) is 0.539. The van der Waals surface area contributed by atoms with Crippen molar-refractivity contribution in [1.29, 1.82) is 0 Å². The average Bonchev–Trinajstić information content (AvgIpc) is 2.77. The predicted molar refractivity (Wildman–Crippen MR) is 68.2 cm³/mol. The second-order valence-corrected chi connectivity index (χ2v) is 6.54. The number of esters is 2. The lowest BCUT2D eigenvalue weighted by Crippen LogP contribution is -2.33. The fourth-order valence-corrected chi connectivity index (χ4v) is 3.91. The maximum absolute atomic E-state index is 11.5. The Hall–Kier alpha value is -1.32. The van der Waals surface area contributed by atoms with Gasteiger partial charge in [0, 0.05) is 12.8 Å². The zero-order valence-electron chi connectivity index (χ0n) is 11.7. The Morgan fingerprint density at radius 2 is 2.11 bits per heavy atom. The molecule has 0 amide bonds. The molecule has 0 saturated carbocycles. The van der Waals surface area contributed by atoms with Crippen molar-refractivity contribution in [2.24, 2.45) is 11.3 Å². The third kappa shape index (κ3) is 1.97. The van der Waals surface area contributed by atoms with Gasteiger partial charge < -0.3 is 9.47 Å². The zero-order chi connectivity index (χ0) is 13.8. The molecule has 0 spiro atoms. The molecular formula is C15H20O4. The molecule has 3 unspecified atom stereocenters. The van der Waals surface area contributed by atoms with E-state index < -0.39 is 0 Å². The molecule has 104 valence electrons. The largest absolute Gasteiger partial charge is 0.458 e. The van der Waals surface area contributed by atoms with E-state index in [9.17, 15) is 9.59 Å². The van der Waals surface area contributed by atoms with Crippen LogP contribution in [0.15, 0.2) is 11.1 Å². The summed E-state index contributed by atoms with van der Waals surface area (Å²) in [5, 5.41) is 0. The smallest absolute Gasteiger partial charge is 0.306 e. The molecule has 3 rings (SSSR count). The van der Waals surface area contributed by atoms with Gasteiger partial charge in [-0.15, -0.1) is 0 Å². The molecule has 4 nitrogen and oxygen atoms in total. The summed E-state index contributed by atoms with van der Waals surface area (Å²) in [5.41, 5.74) is 2.48. The van der Waals surface area contributed by atoms with E-state index in [0.29, 0.717) is 6.42 Å². The van der Waals surface area contributed by atoms with E-state index in [2.05, 4.69) is 13.8 Å². The first-order chi connectivity index (χ1) is 8.88. The highest BCUT2D eigenvalue weighted by Crippen LogP contribution is 2.54. The normalized spacial score (nSPS) is 35.7. The van der Waals surface area contributed by atoms with Gasteiger partial charge in [0.15, 0.2) is 0 Å². The van der Waals surface area contributed by atoms with Crippen LogP contribution in [0.2, 0.25) is 0 Å². The van der Waals surface area contributed by atoms with Crippen molar-refractivity contribution in [2.45, 2.75) is 58.7 Å². The SMILES string of the molecule is CC(=O)OC1CCC(C)(C)C2=C1CC1CC(=O)OC21. The van der Waals surface area contributed by atoms with Gasteiger partial charge in [-0.25, -0.2) is 0 Å². The molecule has 2 aliphatic carbocycles. The van der Waals surface area contributed by atoms with Crippen molar-refractivity contribution in [3.8, 4) is 0 Å². The van der Waals surface area contributed by atoms with Gasteiger partial charge >= 0.3 is 11.9 Å². The maximum atomic E-state index is 11.5. The van der Waals surface area contributed by atoms with E-state index in [4.69, 9.17) is 9.47 Å². The zero-order valence-corrected chi connectivity index (χ0v) is 11.7. The summed E-state index contributed by atoms with van der Waals surface area (Å²) in [6.45, 7) is 5.84. The van der Waals surface area contributed by atoms with Crippen molar-refractivity contribution in [1.82, 2.24) is 0 Å². The highest BCUT2D eigenvalue weighted by atomic mass is 16.6. The van der Waals surface area contributed by atoms with Crippen LogP contribution in [0.25, 0.3) is 0 Å². The first kappa shape index (κ1) is 12.7. The summed E-state index contributed by atoms with van der Waals surface area (Å²) in [5.74, 6) is -0.0643. The fraction of sp³-hybridized carbons (Fsp3) is 0.733. The third-order valence-electron chi connectivity index (χ3n) is 4.69. The van der Waals surface area contributed by atoms with E-state index in [0.717, 1.165) is 19.3 Å². The van der Waals surface area contributed by atoms with E-state index in [1.54, 1.807) is 0 Å². The van der Waals surface area contributed by atoms with Gasteiger partial charge in [0.05, 0.1) is 6.42 Å². The standard InChI is InChI=1S/C15H20O4/c1-8(16)18-11-4-5-15(2,3)13-10(11)6-9-7-12(17)19-14(9)13/h9,11,14H,4-7H2,1-3H3. The number of fused-ring (bicyclic) bond motifs is 2. The molecule has 0 bridgehead atoms. The minimum atomic E-state index is -0.231. The maximum Gasteiger partial charge on any atom is 0.306 e. The Bertz CT molecular complexity index is 475. The Kier molecular flexibility index (Phi) is 2.73. The molecule has 3 atom stereocenters. The third-order valence-corrected chi connectivity index (χ3v) is 4.69. The van der Waals surface area contributed by atoms with Crippen molar-refractivity contribution in [2.75, 3.05) is 0 Å². The monoisotopic (exact) mass is 264 g/mol. The van der Waals surface area contributed by atoms with Crippen LogP contribution in [0.5, 0.6) is 0 Å². The number of carbonyl (C=O) groups excluding carboxylic acids is 2. The molecule has 19 heavy (non-hydrogen) atoms. The molecular weight excluding hydrogens is 244 g/mol. The second kappa shape index (κ2) is 4.09. The number of hydrogen-bond acceptors (Lipinski definition) is 4. The highest BCUT2D eigenvalue weighted by Gasteiger charge is 2.52. The van der Waals surface area contributed by atoms with Crippen molar-refractivity contribution < 1.29 is 19.1 Å². The van der Waals surface area contributed by atoms with Crippen LogP contribution in [0.4, 0.5) is 0 Å². The molecule has 0 aromatic heterocycles. The summed E-state index contributed by atoms with van der Waals surface area (Å²) in [4.78, 5) is 22.7. The lowest BCUT2D eigenvalue weighted by atomic mass is 9.71.